The highest BCUT2D eigenvalue weighted by atomic mass is 16.5. The highest BCUT2D eigenvalue weighted by molar-refractivity contribution is 5.84. The molecule has 0 unspecified atom stereocenters. The van der Waals surface area contributed by atoms with E-state index in [2.05, 4.69) is 16.3 Å². The van der Waals surface area contributed by atoms with Crippen LogP contribution in [0, 0.1) is 20.8 Å². The highest BCUT2D eigenvalue weighted by Gasteiger charge is 2.09. The second-order valence-corrected chi connectivity index (χ2v) is 4.37. The predicted molar refractivity (Wildman–Crippen MR) is 69.7 cm³/mol. The molecule has 2 rings (SSSR count). The van der Waals surface area contributed by atoms with Gasteiger partial charge in [0.15, 0.2) is 5.69 Å². The van der Waals surface area contributed by atoms with Crippen LogP contribution in [-0.2, 0) is 0 Å². The van der Waals surface area contributed by atoms with Crippen LogP contribution in [0.25, 0.3) is 0 Å². The Morgan fingerprint density at radius 3 is 2.47 bits per heavy atom. The van der Waals surface area contributed by atoms with E-state index < -0.39 is 5.97 Å². The molecule has 0 saturated carbocycles. The summed E-state index contributed by atoms with van der Waals surface area (Å²) in [6.45, 7) is 5.95. The second-order valence-electron chi connectivity index (χ2n) is 4.37. The molecule has 1 heterocycles. The number of hydrogen-bond acceptors (Lipinski definition) is 4. The number of carboxylic acids is 1. The molecule has 0 aliphatic heterocycles. The van der Waals surface area contributed by atoms with Crippen LogP contribution < -0.4 is 4.74 Å². The van der Waals surface area contributed by atoms with Crippen LogP contribution in [0.1, 0.15) is 27.2 Å². The van der Waals surface area contributed by atoms with E-state index in [9.17, 15) is 4.79 Å². The van der Waals surface area contributed by atoms with Gasteiger partial charge in [0.1, 0.15) is 5.75 Å². The van der Waals surface area contributed by atoms with Crippen molar-refractivity contribution >= 4 is 5.97 Å². The summed E-state index contributed by atoms with van der Waals surface area (Å²) in [5.74, 6) is -0.130. The molecule has 0 fully saturated rings. The van der Waals surface area contributed by atoms with E-state index in [1.807, 2.05) is 26.8 Å². The number of ether oxygens (including phenoxy) is 1. The van der Waals surface area contributed by atoms with Crippen molar-refractivity contribution in [2.45, 2.75) is 20.8 Å². The van der Waals surface area contributed by atoms with Crippen LogP contribution in [-0.4, -0.2) is 21.3 Å². The maximum atomic E-state index is 10.7. The van der Waals surface area contributed by atoms with Crippen molar-refractivity contribution in [1.29, 1.82) is 0 Å². The number of aromatic nitrogens is 2. The van der Waals surface area contributed by atoms with Crippen LogP contribution in [0.3, 0.4) is 0 Å². The third-order valence-corrected chi connectivity index (χ3v) is 2.84. The summed E-state index contributed by atoms with van der Waals surface area (Å²) in [6, 6.07) is 6.84. The molecule has 0 amide bonds. The molecule has 0 saturated heterocycles. The fraction of sp³-hybridized carbons (Fsp3) is 0.214. The Kier molecular flexibility index (Phi) is 3.46. The molecule has 19 heavy (non-hydrogen) atoms. The van der Waals surface area contributed by atoms with Crippen molar-refractivity contribution in [3.8, 4) is 11.6 Å². The van der Waals surface area contributed by atoms with Gasteiger partial charge in [-0.2, -0.15) is 0 Å². The summed E-state index contributed by atoms with van der Waals surface area (Å²) in [6.07, 6.45) is 0. The summed E-state index contributed by atoms with van der Waals surface area (Å²) >= 11 is 0. The first kappa shape index (κ1) is 13.0. The van der Waals surface area contributed by atoms with Gasteiger partial charge in [-0.25, -0.2) is 4.79 Å². The fourth-order valence-corrected chi connectivity index (χ4v) is 1.71. The molecule has 0 aliphatic rings. The largest absolute Gasteiger partial charge is 0.476 e. The van der Waals surface area contributed by atoms with Gasteiger partial charge in [-0.05, 0) is 49.6 Å². The average Bonchev–Trinajstić information content (AvgIpc) is 2.36. The van der Waals surface area contributed by atoms with E-state index in [0.717, 1.165) is 16.7 Å². The first-order valence-electron chi connectivity index (χ1n) is 5.80. The molecule has 0 atom stereocenters. The zero-order chi connectivity index (χ0) is 14.0. The van der Waals surface area contributed by atoms with Gasteiger partial charge in [-0.15, -0.1) is 10.2 Å². The zero-order valence-corrected chi connectivity index (χ0v) is 11.0. The first-order chi connectivity index (χ1) is 8.97. The third kappa shape index (κ3) is 2.88. The normalized spacial score (nSPS) is 10.3. The SMILES string of the molecule is Cc1cc(C)c(C)c(Oc2ccc(C(=O)O)nn2)c1. The minimum Gasteiger partial charge on any atom is -0.476 e. The van der Waals surface area contributed by atoms with Gasteiger partial charge >= 0.3 is 5.97 Å². The Labute approximate surface area is 110 Å². The average molecular weight is 258 g/mol. The van der Waals surface area contributed by atoms with Crippen molar-refractivity contribution in [2.75, 3.05) is 0 Å². The van der Waals surface area contributed by atoms with Crippen LogP contribution in [0.15, 0.2) is 24.3 Å². The molecule has 98 valence electrons. The number of rotatable bonds is 3. The minimum absolute atomic E-state index is 0.107. The number of aryl methyl sites for hydroxylation is 2. The van der Waals surface area contributed by atoms with E-state index in [4.69, 9.17) is 9.84 Å². The van der Waals surface area contributed by atoms with E-state index in [1.54, 1.807) is 0 Å². The molecule has 5 heteroatoms. The van der Waals surface area contributed by atoms with Gasteiger partial charge in [0.2, 0.25) is 5.88 Å². The minimum atomic E-state index is -1.11. The Balaban J connectivity index is 2.28. The number of aromatic carboxylic acids is 1. The van der Waals surface area contributed by atoms with Crippen LogP contribution in [0.4, 0.5) is 0 Å². The van der Waals surface area contributed by atoms with Gasteiger partial charge in [-0.1, -0.05) is 6.07 Å². The first-order valence-corrected chi connectivity index (χ1v) is 5.80. The van der Waals surface area contributed by atoms with Gasteiger partial charge in [0, 0.05) is 6.07 Å². The molecule has 1 aromatic carbocycles. The van der Waals surface area contributed by atoms with Crippen molar-refractivity contribution in [3.63, 3.8) is 0 Å². The van der Waals surface area contributed by atoms with Gasteiger partial charge in [0.25, 0.3) is 0 Å². The molecule has 1 N–H and O–H groups in total. The number of carbonyl (C=O) groups is 1. The molecule has 5 nitrogen and oxygen atoms in total. The summed E-state index contributed by atoms with van der Waals surface area (Å²) < 4.78 is 5.64. The molecule has 0 aliphatic carbocycles. The Morgan fingerprint density at radius 1 is 1.16 bits per heavy atom. The van der Waals surface area contributed by atoms with E-state index in [0.29, 0.717) is 5.75 Å². The van der Waals surface area contributed by atoms with Gasteiger partial charge in [-0.3, -0.25) is 0 Å². The molecular weight excluding hydrogens is 244 g/mol. The number of benzene rings is 1. The van der Waals surface area contributed by atoms with Gasteiger partial charge in [0.05, 0.1) is 0 Å². The second kappa shape index (κ2) is 5.06. The zero-order valence-electron chi connectivity index (χ0n) is 11.0. The van der Waals surface area contributed by atoms with Crippen LogP contribution in [0.5, 0.6) is 11.6 Å². The van der Waals surface area contributed by atoms with Crippen molar-refractivity contribution < 1.29 is 14.6 Å². The topological polar surface area (TPSA) is 72.3 Å². The van der Waals surface area contributed by atoms with Crippen molar-refractivity contribution in [2.24, 2.45) is 0 Å². The van der Waals surface area contributed by atoms with Crippen molar-refractivity contribution in [3.05, 3.63) is 46.6 Å². The standard InChI is InChI=1S/C14H14N2O3/c1-8-6-9(2)10(3)12(7-8)19-13-5-4-11(14(17)18)15-16-13/h4-7H,1-3H3,(H,17,18). The maximum absolute atomic E-state index is 10.7. The molecule has 2 aromatic rings. The van der Waals surface area contributed by atoms with Crippen molar-refractivity contribution in [1.82, 2.24) is 10.2 Å². The summed E-state index contributed by atoms with van der Waals surface area (Å²) in [7, 11) is 0. The quantitative estimate of drug-likeness (QED) is 0.916. The summed E-state index contributed by atoms with van der Waals surface area (Å²) in [4.78, 5) is 10.7. The lowest BCUT2D eigenvalue weighted by atomic mass is 10.1. The number of carboxylic acid groups (broad SMARTS) is 1. The lowest BCUT2D eigenvalue weighted by Crippen LogP contribution is -2.02. The lowest BCUT2D eigenvalue weighted by Gasteiger charge is -2.10. The van der Waals surface area contributed by atoms with E-state index >= 15 is 0 Å². The summed E-state index contributed by atoms with van der Waals surface area (Å²) in [5, 5.41) is 16.1. The maximum Gasteiger partial charge on any atom is 0.356 e. The van der Waals surface area contributed by atoms with Crippen LogP contribution in [0.2, 0.25) is 0 Å². The predicted octanol–water partition coefficient (Wildman–Crippen LogP) is 2.89. The Morgan fingerprint density at radius 2 is 1.89 bits per heavy atom. The molecular formula is C14H14N2O3. The van der Waals surface area contributed by atoms with Crippen LogP contribution >= 0.6 is 0 Å². The smallest absolute Gasteiger partial charge is 0.356 e. The van der Waals surface area contributed by atoms with E-state index in [-0.39, 0.29) is 11.6 Å². The summed E-state index contributed by atoms with van der Waals surface area (Å²) in [5.41, 5.74) is 3.14. The molecule has 0 radical (unpaired) electrons. The molecule has 1 aromatic heterocycles. The molecule has 0 spiro atoms. The number of nitrogens with zero attached hydrogens (tertiary/aromatic N) is 2. The van der Waals surface area contributed by atoms with E-state index in [1.165, 1.54) is 12.1 Å². The Bertz CT molecular complexity index is 621. The Hall–Kier alpha value is -2.43. The monoisotopic (exact) mass is 258 g/mol. The highest BCUT2D eigenvalue weighted by Crippen LogP contribution is 2.27. The number of hydrogen-bond donors (Lipinski definition) is 1. The lowest BCUT2D eigenvalue weighted by molar-refractivity contribution is 0.0689. The molecule has 0 bridgehead atoms. The fourth-order valence-electron chi connectivity index (χ4n) is 1.71. The van der Waals surface area contributed by atoms with Gasteiger partial charge < -0.3 is 9.84 Å². The third-order valence-electron chi connectivity index (χ3n) is 2.84.